The Morgan fingerprint density at radius 3 is 2.41 bits per heavy atom. The lowest BCUT2D eigenvalue weighted by molar-refractivity contribution is 0.0507. The zero-order valence-corrected chi connectivity index (χ0v) is 17.8. The van der Waals surface area contributed by atoms with Gasteiger partial charge < -0.3 is 19.3 Å². The molecule has 0 unspecified atom stereocenters. The van der Waals surface area contributed by atoms with Gasteiger partial charge in [0.1, 0.15) is 5.75 Å². The first-order valence-electron chi connectivity index (χ1n) is 10.5. The zero-order valence-electron chi connectivity index (χ0n) is 17.8. The molecule has 1 aliphatic heterocycles. The second-order valence-corrected chi connectivity index (χ2v) is 7.75. The molecule has 5 heteroatoms. The van der Waals surface area contributed by atoms with Crippen LogP contribution in [0.1, 0.15) is 42.1 Å². The van der Waals surface area contributed by atoms with Gasteiger partial charge in [-0.3, -0.25) is 4.79 Å². The largest absolute Gasteiger partial charge is 0.494 e. The van der Waals surface area contributed by atoms with Crippen LogP contribution in [0.2, 0.25) is 0 Å². The van der Waals surface area contributed by atoms with Gasteiger partial charge in [0.05, 0.1) is 12.7 Å². The first-order valence-corrected chi connectivity index (χ1v) is 10.5. The maximum atomic E-state index is 13.3. The molecule has 2 aromatic rings. The first kappa shape index (κ1) is 21.2. The number of hydrogen-bond donors (Lipinski definition) is 0. The summed E-state index contributed by atoms with van der Waals surface area (Å²) < 4.78 is 11.4. The molecule has 0 spiro atoms. The van der Waals surface area contributed by atoms with Gasteiger partial charge in [0.15, 0.2) is 0 Å². The molecule has 0 bridgehead atoms. The van der Waals surface area contributed by atoms with Gasteiger partial charge >= 0.3 is 0 Å². The second kappa shape index (κ2) is 10.3. The minimum absolute atomic E-state index is 0.0271. The molecule has 1 saturated heterocycles. The monoisotopic (exact) mass is 396 g/mol. The van der Waals surface area contributed by atoms with Gasteiger partial charge in [0.2, 0.25) is 0 Å². The van der Waals surface area contributed by atoms with E-state index < -0.39 is 0 Å². The van der Waals surface area contributed by atoms with Crippen LogP contribution in [0.25, 0.3) is 0 Å². The predicted molar refractivity (Wildman–Crippen MR) is 117 cm³/mol. The van der Waals surface area contributed by atoms with Crippen LogP contribution >= 0.6 is 0 Å². The van der Waals surface area contributed by atoms with Crippen LogP contribution in [-0.4, -0.2) is 50.8 Å². The molecule has 0 N–H and O–H groups in total. The minimum atomic E-state index is 0.0271. The van der Waals surface area contributed by atoms with E-state index in [0.717, 1.165) is 42.9 Å². The van der Waals surface area contributed by atoms with E-state index in [4.69, 9.17) is 9.47 Å². The van der Waals surface area contributed by atoms with Crippen molar-refractivity contribution >= 4 is 11.6 Å². The summed E-state index contributed by atoms with van der Waals surface area (Å²) in [4.78, 5) is 17.2. The molecule has 1 fully saturated rings. The van der Waals surface area contributed by atoms with Crippen molar-refractivity contribution in [3.63, 3.8) is 0 Å². The van der Waals surface area contributed by atoms with Crippen molar-refractivity contribution in [1.82, 2.24) is 4.90 Å². The molecular weight excluding hydrogens is 364 g/mol. The number of hydrogen-bond acceptors (Lipinski definition) is 4. The quantitative estimate of drug-likeness (QED) is 0.631. The number of amides is 1. The van der Waals surface area contributed by atoms with E-state index in [0.29, 0.717) is 25.3 Å². The van der Waals surface area contributed by atoms with Gasteiger partial charge in [-0.2, -0.15) is 0 Å². The highest BCUT2D eigenvalue weighted by Gasteiger charge is 2.23. The van der Waals surface area contributed by atoms with Gasteiger partial charge in [-0.15, -0.1) is 0 Å². The van der Waals surface area contributed by atoms with Crippen molar-refractivity contribution in [3.8, 4) is 5.75 Å². The molecule has 1 aliphatic rings. The smallest absolute Gasteiger partial charge is 0.254 e. The van der Waals surface area contributed by atoms with E-state index in [1.54, 1.807) is 0 Å². The van der Waals surface area contributed by atoms with Crippen LogP contribution in [0.15, 0.2) is 48.5 Å². The van der Waals surface area contributed by atoms with Gasteiger partial charge in [-0.25, -0.2) is 0 Å². The van der Waals surface area contributed by atoms with Crippen molar-refractivity contribution in [1.29, 1.82) is 0 Å². The van der Waals surface area contributed by atoms with Crippen LogP contribution in [0.4, 0.5) is 5.69 Å². The highest BCUT2D eigenvalue weighted by Crippen LogP contribution is 2.20. The summed E-state index contributed by atoms with van der Waals surface area (Å²) in [6.45, 7) is 4.73. The molecule has 0 radical (unpaired) electrons. The summed E-state index contributed by atoms with van der Waals surface area (Å²) in [5.74, 6) is 0.826. The SMILES string of the molecule is CCCOc1ccc(C(=O)N(Cc2ccc(N(C)C)cc2)C[C@@H]2CCCO2)cc1. The maximum Gasteiger partial charge on any atom is 0.254 e. The lowest BCUT2D eigenvalue weighted by Crippen LogP contribution is -2.37. The maximum absolute atomic E-state index is 13.3. The third kappa shape index (κ3) is 5.97. The molecule has 1 heterocycles. The highest BCUT2D eigenvalue weighted by atomic mass is 16.5. The number of carbonyl (C=O) groups is 1. The third-order valence-corrected chi connectivity index (χ3v) is 5.14. The molecule has 29 heavy (non-hydrogen) atoms. The molecule has 0 aliphatic carbocycles. The Hall–Kier alpha value is -2.53. The average Bonchev–Trinajstić information content (AvgIpc) is 3.25. The van der Waals surface area contributed by atoms with Crippen LogP contribution in [0, 0.1) is 0 Å². The van der Waals surface area contributed by atoms with Crippen molar-refractivity contribution < 1.29 is 14.3 Å². The molecule has 0 aromatic heterocycles. The summed E-state index contributed by atoms with van der Waals surface area (Å²) >= 11 is 0. The Kier molecular flexibility index (Phi) is 7.53. The number of benzene rings is 2. The summed E-state index contributed by atoms with van der Waals surface area (Å²) in [7, 11) is 4.05. The van der Waals surface area contributed by atoms with E-state index in [-0.39, 0.29) is 12.0 Å². The van der Waals surface area contributed by atoms with E-state index in [1.165, 1.54) is 0 Å². The number of anilines is 1. The molecule has 1 amide bonds. The summed E-state index contributed by atoms with van der Waals surface area (Å²) in [6, 6.07) is 15.8. The lowest BCUT2D eigenvalue weighted by atomic mass is 10.1. The fourth-order valence-electron chi connectivity index (χ4n) is 3.47. The molecule has 5 nitrogen and oxygen atoms in total. The van der Waals surface area contributed by atoms with E-state index in [9.17, 15) is 4.79 Å². The molecule has 3 rings (SSSR count). The normalized spacial score (nSPS) is 15.9. The first-order chi connectivity index (χ1) is 14.1. The Morgan fingerprint density at radius 2 is 1.83 bits per heavy atom. The topological polar surface area (TPSA) is 42.0 Å². The summed E-state index contributed by atoms with van der Waals surface area (Å²) in [5.41, 5.74) is 2.94. The number of nitrogens with zero attached hydrogens (tertiary/aromatic N) is 2. The summed E-state index contributed by atoms with van der Waals surface area (Å²) in [5, 5.41) is 0. The van der Waals surface area contributed by atoms with Gasteiger partial charge in [0.25, 0.3) is 5.91 Å². The number of carbonyl (C=O) groups excluding carboxylic acids is 1. The Labute approximate surface area is 174 Å². The second-order valence-electron chi connectivity index (χ2n) is 7.75. The van der Waals surface area contributed by atoms with E-state index in [1.807, 2.05) is 43.3 Å². The highest BCUT2D eigenvalue weighted by molar-refractivity contribution is 5.94. The van der Waals surface area contributed by atoms with Crippen LogP contribution in [0.3, 0.4) is 0 Å². The molecular formula is C24H32N2O3. The van der Waals surface area contributed by atoms with E-state index >= 15 is 0 Å². The van der Waals surface area contributed by atoms with Crippen LogP contribution in [-0.2, 0) is 11.3 Å². The fourth-order valence-corrected chi connectivity index (χ4v) is 3.47. The van der Waals surface area contributed by atoms with Gasteiger partial charge in [0, 0.05) is 45.0 Å². The zero-order chi connectivity index (χ0) is 20.6. The van der Waals surface area contributed by atoms with Gasteiger partial charge in [-0.05, 0) is 61.2 Å². The third-order valence-electron chi connectivity index (χ3n) is 5.14. The lowest BCUT2D eigenvalue weighted by Gasteiger charge is -2.26. The molecule has 1 atom stereocenters. The Balaban J connectivity index is 1.73. The van der Waals surface area contributed by atoms with E-state index in [2.05, 4.69) is 36.1 Å². The summed E-state index contributed by atoms with van der Waals surface area (Å²) in [6.07, 6.45) is 3.15. The molecule has 2 aromatic carbocycles. The fraction of sp³-hybridized carbons (Fsp3) is 0.458. The number of ether oxygens (including phenoxy) is 2. The predicted octanol–water partition coefficient (Wildman–Crippen LogP) is 4.36. The van der Waals surface area contributed by atoms with Crippen molar-refractivity contribution in [3.05, 3.63) is 59.7 Å². The standard InChI is InChI=1S/C24H32N2O3/c1-4-15-28-22-13-9-20(10-14-22)24(27)26(18-23-6-5-16-29-23)17-19-7-11-21(12-8-19)25(2)3/h7-14,23H,4-6,15-18H2,1-3H3/t23-/m0/s1. The minimum Gasteiger partial charge on any atom is -0.494 e. The van der Waals surface area contributed by atoms with Crippen LogP contribution in [0.5, 0.6) is 5.75 Å². The molecule has 156 valence electrons. The Bertz CT molecular complexity index is 766. The average molecular weight is 397 g/mol. The number of rotatable bonds is 9. The van der Waals surface area contributed by atoms with Crippen molar-refractivity contribution in [2.24, 2.45) is 0 Å². The van der Waals surface area contributed by atoms with Gasteiger partial charge in [-0.1, -0.05) is 19.1 Å². The van der Waals surface area contributed by atoms with Crippen molar-refractivity contribution in [2.45, 2.75) is 38.8 Å². The van der Waals surface area contributed by atoms with Crippen molar-refractivity contribution in [2.75, 3.05) is 38.8 Å². The van der Waals surface area contributed by atoms with Crippen LogP contribution < -0.4 is 9.64 Å². The molecule has 0 saturated carbocycles. The Morgan fingerprint density at radius 1 is 1.10 bits per heavy atom.